The van der Waals surface area contributed by atoms with Crippen LogP contribution in [0.15, 0.2) is 15.8 Å². The number of aromatic nitrogens is 2. The van der Waals surface area contributed by atoms with E-state index in [1.807, 2.05) is 0 Å². The van der Waals surface area contributed by atoms with Gasteiger partial charge >= 0.3 is 5.69 Å². The second kappa shape index (κ2) is 6.94. The Labute approximate surface area is 113 Å². The van der Waals surface area contributed by atoms with Crippen molar-refractivity contribution in [1.82, 2.24) is 9.55 Å². The van der Waals surface area contributed by atoms with Gasteiger partial charge in [-0.05, 0) is 6.42 Å². The largest absolute Gasteiger partial charge is 0.396 e. The first-order valence-electron chi connectivity index (χ1n) is 5.74. The predicted octanol–water partition coefficient (Wildman–Crippen LogP) is -0.699. The van der Waals surface area contributed by atoms with Crippen molar-refractivity contribution in [2.75, 3.05) is 19.6 Å². The molecule has 1 aromatic rings. The van der Waals surface area contributed by atoms with Gasteiger partial charge in [0, 0.05) is 13.3 Å². The Morgan fingerprint density at radius 1 is 1.55 bits per heavy atom. The maximum Gasteiger partial charge on any atom is 0.328 e. The second-order valence-corrected chi connectivity index (χ2v) is 6.73. The van der Waals surface area contributed by atoms with Crippen molar-refractivity contribution in [3.05, 3.63) is 32.9 Å². The molecule has 114 valence electrons. The lowest BCUT2D eigenvalue weighted by Gasteiger charge is -2.18. The zero-order chi connectivity index (χ0) is 15.3. The summed E-state index contributed by atoms with van der Waals surface area (Å²) in [5, 5.41) is 8.88. The molecule has 0 spiro atoms. The molecule has 0 saturated carbocycles. The minimum absolute atomic E-state index is 0.0905. The summed E-state index contributed by atoms with van der Waals surface area (Å²) >= 11 is 0. The van der Waals surface area contributed by atoms with E-state index in [2.05, 4.69) is 0 Å². The Hall–Kier alpha value is -1.28. The van der Waals surface area contributed by atoms with Crippen molar-refractivity contribution in [1.29, 1.82) is 0 Å². The Morgan fingerprint density at radius 3 is 2.75 bits per heavy atom. The molecule has 10 heteroatoms. The zero-order valence-electron chi connectivity index (χ0n) is 10.8. The molecule has 3 N–H and O–H groups in total. The highest BCUT2D eigenvalue weighted by Gasteiger charge is 2.17. The van der Waals surface area contributed by atoms with Crippen LogP contribution >= 0.6 is 7.37 Å². The van der Waals surface area contributed by atoms with Crippen molar-refractivity contribution in [2.45, 2.75) is 19.1 Å². The number of H-pyrrole nitrogens is 1. The van der Waals surface area contributed by atoms with Gasteiger partial charge in [-0.2, -0.15) is 4.39 Å². The Bertz CT molecular complexity index is 607. The van der Waals surface area contributed by atoms with Gasteiger partial charge < -0.3 is 14.7 Å². The van der Waals surface area contributed by atoms with Crippen molar-refractivity contribution in [3.8, 4) is 0 Å². The molecular weight excluding hydrogens is 294 g/mol. The maximum absolute atomic E-state index is 13.1. The minimum Gasteiger partial charge on any atom is -0.396 e. The van der Waals surface area contributed by atoms with Crippen LogP contribution in [0.1, 0.15) is 6.42 Å². The number of hydrogen-bond donors (Lipinski definition) is 3. The first-order valence-corrected chi connectivity index (χ1v) is 8.03. The minimum atomic E-state index is -3.40. The fourth-order valence-corrected chi connectivity index (χ4v) is 1.94. The molecule has 0 amide bonds. The quantitative estimate of drug-likeness (QED) is 0.573. The summed E-state index contributed by atoms with van der Waals surface area (Å²) in [7, 11) is -3.40. The van der Waals surface area contributed by atoms with Crippen LogP contribution in [0.2, 0.25) is 0 Å². The fraction of sp³-hybridized carbons (Fsp3) is 0.600. The van der Waals surface area contributed by atoms with Crippen LogP contribution in [-0.4, -0.2) is 45.3 Å². The monoisotopic (exact) mass is 310 g/mol. The summed E-state index contributed by atoms with van der Waals surface area (Å²) in [6, 6.07) is 0. The summed E-state index contributed by atoms with van der Waals surface area (Å²) in [4.78, 5) is 33.2. The van der Waals surface area contributed by atoms with Gasteiger partial charge in [0.25, 0.3) is 5.56 Å². The molecule has 0 aliphatic carbocycles. The van der Waals surface area contributed by atoms with Gasteiger partial charge in [-0.25, -0.2) is 4.79 Å². The summed E-state index contributed by atoms with van der Waals surface area (Å²) in [6.45, 7) is 0.673. The molecule has 0 aliphatic rings. The number of halogens is 1. The predicted molar refractivity (Wildman–Crippen MR) is 68.5 cm³/mol. The second-order valence-electron chi connectivity index (χ2n) is 4.37. The Morgan fingerprint density at radius 2 is 2.20 bits per heavy atom. The van der Waals surface area contributed by atoms with E-state index >= 15 is 0 Å². The molecule has 20 heavy (non-hydrogen) atoms. The summed E-state index contributed by atoms with van der Waals surface area (Å²) in [5.74, 6) is -1.13. The van der Waals surface area contributed by atoms with Crippen LogP contribution in [0.3, 0.4) is 0 Å². The molecule has 0 radical (unpaired) electrons. The topological polar surface area (TPSA) is 122 Å². The maximum atomic E-state index is 13.1. The third-order valence-corrected chi connectivity index (χ3v) is 3.00. The highest BCUT2D eigenvalue weighted by molar-refractivity contribution is 7.56. The van der Waals surface area contributed by atoms with Gasteiger partial charge in [-0.1, -0.05) is 0 Å². The van der Waals surface area contributed by atoms with Gasteiger partial charge in [0.2, 0.25) is 13.2 Å². The lowest BCUT2D eigenvalue weighted by Crippen LogP contribution is -2.35. The lowest BCUT2D eigenvalue weighted by atomic mass is 10.2. The van der Waals surface area contributed by atoms with Gasteiger partial charge in [0.05, 0.1) is 18.8 Å². The third kappa shape index (κ3) is 5.38. The van der Waals surface area contributed by atoms with Crippen LogP contribution in [0.25, 0.3) is 0 Å². The van der Waals surface area contributed by atoms with Crippen LogP contribution in [0.5, 0.6) is 0 Å². The third-order valence-electron chi connectivity index (χ3n) is 2.37. The SMILES string of the molecule is CP(=O)(O)CO[C@H](CCO)Cn1cc(F)c(=O)[nH]c1=O. The molecule has 0 saturated heterocycles. The van der Waals surface area contributed by atoms with Crippen LogP contribution in [0, 0.1) is 5.82 Å². The number of ether oxygens (including phenoxy) is 1. The number of aliphatic hydroxyl groups excluding tert-OH is 1. The van der Waals surface area contributed by atoms with E-state index in [4.69, 9.17) is 14.7 Å². The van der Waals surface area contributed by atoms with E-state index in [1.54, 1.807) is 4.98 Å². The highest BCUT2D eigenvalue weighted by atomic mass is 31.2. The first kappa shape index (κ1) is 16.8. The average molecular weight is 310 g/mol. The summed E-state index contributed by atoms with van der Waals surface area (Å²) in [6.07, 6.45) is -0.395. The van der Waals surface area contributed by atoms with Gasteiger partial charge in [0.1, 0.15) is 6.35 Å². The van der Waals surface area contributed by atoms with E-state index < -0.39 is 36.9 Å². The van der Waals surface area contributed by atoms with Crippen LogP contribution in [-0.2, 0) is 15.8 Å². The molecule has 1 aromatic heterocycles. The average Bonchev–Trinajstić information content (AvgIpc) is 2.32. The number of nitrogens with zero attached hydrogens (tertiary/aromatic N) is 1. The summed E-state index contributed by atoms with van der Waals surface area (Å²) in [5.41, 5.74) is -1.95. The standard InChI is InChI=1S/C10H16FN2O6P/c1-20(17,18)6-19-7(2-3-14)4-13-5-8(11)9(15)12-10(13)16/h5,7,14H,2-4,6H2,1H3,(H,17,18)(H,12,15,16)/t7-/m1/s1. The van der Waals surface area contributed by atoms with Gasteiger partial charge in [-0.3, -0.25) is 18.9 Å². The van der Waals surface area contributed by atoms with Crippen molar-refractivity contribution < 1.29 is 23.7 Å². The Balaban J connectivity index is 2.85. The van der Waals surface area contributed by atoms with Crippen LogP contribution in [0.4, 0.5) is 4.39 Å². The van der Waals surface area contributed by atoms with Crippen molar-refractivity contribution in [2.24, 2.45) is 0 Å². The molecule has 0 aromatic carbocycles. The van der Waals surface area contributed by atoms with Crippen molar-refractivity contribution >= 4 is 7.37 Å². The molecular formula is C10H16FN2O6P. The van der Waals surface area contributed by atoms with E-state index in [0.29, 0.717) is 0 Å². The number of aromatic amines is 1. The van der Waals surface area contributed by atoms with Gasteiger partial charge in [0.15, 0.2) is 0 Å². The number of hydrogen-bond acceptors (Lipinski definition) is 5. The molecule has 2 atom stereocenters. The normalized spacial score (nSPS) is 15.8. The summed E-state index contributed by atoms with van der Waals surface area (Å²) < 4.78 is 30.2. The fourth-order valence-electron chi connectivity index (χ4n) is 1.45. The molecule has 0 aliphatic heterocycles. The molecule has 1 rings (SSSR count). The number of aliphatic hydroxyl groups is 1. The van der Waals surface area contributed by atoms with Crippen LogP contribution < -0.4 is 11.2 Å². The van der Waals surface area contributed by atoms with Gasteiger partial charge in [-0.15, -0.1) is 0 Å². The lowest BCUT2D eigenvalue weighted by molar-refractivity contribution is 0.0468. The Kier molecular flexibility index (Phi) is 5.82. The number of nitrogens with one attached hydrogen (secondary N) is 1. The highest BCUT2D eigenvalue weighted by Crippen LogP contribution is 2.35. The molecule has 1 unspecified atom stereocenters. The molecule has 1 heterocycles. The zero-order valence-corrected chi connectivity index (χ0v) is 11.7. The molecule has 8 nitrogen and oxygen atoms in total. The van der Waals surface area contributed by atoms with E-state index in [1.165, 1.54) is 0 Å². The van der Waals surface area contributed by atoms with Crippen molar-refractivity contribution in [3.63, 3.8) is 0 Å². The van der Waals surface area contributed by atoms with E-state index in [0.717, 1.165) is 17.4 Å². The number of rotatable bonds is 7. The molecule has 0 bridgehead atoms. The smallest absolute Gasteiger partial charge is 0.328 e. The first-order chi connectivity index (χ1) is 9.23. The molecule has 0 fully saturated rings. The van der Waals surface area contributed by atoms with E-state index in [-0.39, 0.29) is 19.6 Å². The van der Waals surface area contributed by atoms with E-state index in [9.17, 15) is 18.5 Å².